The van der Waals surface area contributed by atoms with Crippen molar-refractivity contribution in [1.82, 2.24) is 19.6 Å². The Morgan fingerprint density at radius 1 is 1.12 bits per heavy atom. The fraction of sp³-hybridized carbons (Fsp3) is 0.0556. The number of rotatable bonds is 4. The van der Waals surface area contributed by atoms with Gasteiger partial charge in [0.2, 0.25) is 0 Å². The van der Waals surface area contributed by atoms with Crippen LogP contribution in [0.3, 0.4) is 0 Å². The molecule has 0 atom stereocenters. The third kappa shape index (κ3) is 3.11. The summed E-state index contributed by atoms with van der Waals surface area (Å²) in [5.41, 5.74) is 2.29. The summed E-state index contributed by atoms with van der Waals surface area (Å²) in [5, 5.41) is 3.00. The smallest absolute Gasteiger partial charge is 0.272 e. The molecule has 5 nitrogen and oxygen atoms in total. The molecule has 3 aromatic heterocycles. The average molecular weight is 370 g/mol. The summed E-state index contributed by atoms with van der Waals surface area (Å²) in [7, 11) is 0. The van der Waals surface area contributed by atoms with Gasteiger partial charge in [0, 0.05) is 40.7 Å². The van der Waals surface area contributed by atoms with Crippen molar-refractivity contribution < 1.29 is 8.78 Å². The summed E-state index contributed by atoms with van der Waals surface area (Å²) in [6, 6.07) is 10.8. The first-order valence-corrected chi connectivity index (χ1v) is 8.69. The predicted molar refractivity (Wildman–Crippen MR) is 95.0 cm³/mol. The molecule has 130 valence electrons. The number of halogens is 2. The molecule has 26 heavy (non-hydrogen) atoms. The van der Waals surface area contributed by atoms with Crippen molar-refractivity contribution in [2.75, 3.05) is 0 Å². The van der Waals surface area contributed by atoms with Crippen molar-refractivity contribution in [2.45, 2.75) is 10.6 Å². The van der Waals surface area contributed by atoms with Crippen molar-refractivity contribution in [1.29, 1.82) is 0 Å². The molecule has 0 aliphatic heterocycles. The summed E-state index contributed by atoms with van der Waals surface area (Å²) in [4.78, 5) is 20.9. The maximum Gasteiger partial charge on any atom is 0.272 e. The molecule has 0 saturated heterocycles. The van der Waals surface area contributed by atoms with Crippen LogP contribution in [0, 0.1) is 11.6 Å². The number of nitrogens with one attached hydrogen (secondary N) is 1. The van der Waals surface area contributed by atoms with E-state index < -0.39 is 11.6 Å². The SMILES string of the molecule is O=c1cc(CSc2cccc(F)c2F)nc2cc(-c3ccncc3)[nH]n12. The Balaban J connectivity index is 1.65. The van der Waals surface area contributed by atoms with Gasteiger partial charge in [-0.15, -0.1) is 11.8 Å². The largest absolute Gasteiger partial charge is 0.289 e. The lowest BCUT2D eigenvalue weighted by Gasteiger charge is -2.03. The molecular weight excluding hydrogens is 358 g/mol. The van der Waals surface area contributed by atoms with Crippen molar-refractivity contribution in [3.63, 3.8) is 0 Å². The third-order valence-corrected chi connectivity index (χ3v) is 4.85. The van der Waals surface area contributed by atoms with Gasteiger partial charge in [-0.05, 0) is 24.3 Å². The zero-order valence-electron chi connectivity index (χ0n) is 13.3. The van der Waals surface area contributed by atoms with Gasteiger partial charge in [-0.2, -0.15) is 0 Å². The number of hydrogen-bond donors (Lipinski definition) is 1. The topological polar surface area (TPSA) is 63.0 Å². The number of thioether (sulfide) groups is 1. The van der Waals surface area contributed by atoms with Gasteiger partial charge >= 0.3 is 0 Å². The average Bonchev–Trinajstić information content (AvgIpc) is 3.08. The van der Waals surface area contributed by atoms with Crippen LogP contribution in [0.15, 0.2) is 64.5 Å². The molecule has 3 heterocycles. The van der Waals surface area contributed by atoms with E-state index in [2.05, 4.69) is 15.1 Å². The van der Waals surface area contributed by atoms with E-state index in [-0.39, 0.29) is 16.2 Å². The minimum Gasteiger partial charge on any atom is -0.289 e. The van der Waals surface area contributed by atoms with Gasteiger partial charge in [-0.25, -0.2) is 18.3 Å². The summed E-state index contributed by atoms with van der Waals surface area (Å²) in [6.07, 6.45) is 3.32. The lowest BCUT2D eigenvalue weighted by Crippen LogP contribution is -2.15. The Bertz CT molecular complexity index is 1140. The molecule has 0 amide bonds. The maximum absolute atomic E-state index is 13.7. The first-order chi connectivity index (χ1) is 12.6. The highest BCUT2D eigenvalue weighted by atomic mass is 32.2. The fourth-order valence-corrected chi connectivity index (χ4v) is 3.39. The molecule has 0 unspecified atom stereocenters. The van der Waals surface area contributed by atoms with Crippen LogP contribution in [0.1, 0.15) is 5.69 Å². The minimum atomic E-state index is -0.897. The normalized spacial score (nSPS) is 11.2. The van der Waals surface area contributed by atoms with Gasteiger partial charge in [-0.1, -0.05) is 6.07 Å². The molecule has 1 aromatic carbocycles. The van der Waals surface area contributed by atoms with Crippen LogP contribution >= 0.6 is 11.8 Å². The summed E-state index contributed by atoms with van der Waals surface area (Å²) < 4.78 is 28.4. The van der Waals surface area contributed by atoms with E-state index in [9.17, 15) is 13.6 Å². The second kappa shape index (κ2) is 6.72. The van der Waals surface area contributed by atoms with E-state index >= 15 is 0 Å². The highest BCUT2D eigenvalue weighted by Crippen LogP contribution is 2.26. The molecule has 0 spiro atoms. The van der Waals surface area contributed by atoms with Crippen molar-refractivity contribution in [3.05, 3.63) is 82.5 Å². The standard InChI is InChI=1S/C18H12F2N4OS/c19-13-2-1-3-15(18(13)20)26-10-12-8-17(25)24-16(22-12)9-14(23-24)11-4-6-21-7-5-11/h1-9,23H,10H2. The van der Waals surface area contributed by atoms with E-state index in [0.717, 1.165) is 29.1 Å². The molecule has 0 radical (unpaired) electrons. The molecule has 4 rings (SSSR count). The zero-order valence-corrected chi connectivity index (χ0v) is 14.1. The van der Waals surface area contributed by atoms with E-state index in [1.165, 1.54) is 22.7 Å². The molecular formula is C18H12F2N4OS. The van der Waals surface area contributed by atoms with Gasteiger partial charge in [-0.3, -0.25) is 14.9 Å². The zero-order chi connectivity index (χ0) is 18.1. The predicted octanol–water partition coefficient (Wildman–Crippen LogP) is 3.66. The van der Waals surface area contributed by atoms with Gasteiger partial charge < -0.3 is 0 Å². The quantitative estimate of drug-likeness (QED) is 0.557. The summed E-state index contributed by atoms with van der Waals surface area (Å²) in [6.45, 7) is 0. The number of benzene rings is 1. The molecule has 1 N–H and O–H groups in total. The van der Waals surface area contributed by atoms with Crippen LogP contribution in [0.2, 0.25) is 0 Å². The Morgan fingerprint density at radius 2 is 1.92 bits per heavy atom. The van der Waals surface area contributed by atoms with Gasteiger partial charge in [0.25, 0.3) is 5.56 Å². The van der Waals surface area contributed by atoms with Crippen LogP contribution in [0.5, 0.6) is 0 Å². The van der Waals surface area contributed by atoms with E-state index in [1.54, 1.807) is 18.5 Å². The van der Waals surface area contributed by atoms with Crippen LogP contribution in [-0.4, -0.2) is 19.6 Å². The Kier molecular flexibility index (Phi) is 4.26. The second-order valence-corrected chi connectivity index (χ2v) is 6.54. The summed E-state index contributed by atoms with van der Waals surface area (Å²) >= 11 is 1.09. The van der Waals surface area contributed by atoms with Crippen LogP contribution in [0.4, 0.5) is 8.78 Å². The lowest BCUT2D eigenvalue weighted by molar-refractivity contribution is 0.491. The number of H-pyrrole nitrogens is 1. The number of pyridine rings is 1. The fourth-order valence-electron chi connectivity index (χ4n) is 2.54. The van der Waals surface area contributed by atoms with Crippen LogP contribution < -0.4 is 5.56 Å². The monoisotopic (exact) mass is 370 g/mol. The molecule has 8 heteroatoms. The number of aromatic amines is 1. The van der Waals surface area contributed by atoms with Gasteiger partial charge in [0.1, 0.15) is 0 Å². The Morgan fingerprint density at radius 3 is 2.73 bits per heavy atom. The highest BCUT2D eigenvalue weighted by molar-refractivity contribution is 7.98. The lowest BCUT2D eigenvalue weighted by atomic mass is 10.2. The number of aromatic nitrogens is 4. The molecule has 0 aliphatic carbocycles. The van der Waals surface area contributed by atoms with E-state index in [4.69, 9.17) is 0 Å². The Hall–Kier alpha value is -3.00. The first-order valence-electron chi connectivity index (χ1n) is 7.71. The Labute approximate surface area is 150 Å². The van der Waals surface area contributed by atoms with E-state index in [1.807, 2.05) is 12.1 Å². The highest BCUT2D eigenvalue weighted by Gasteiger charge is 2.11. The summed E-state index contributed by atoms with van der Waals surface area (Å²) in [5.74, 6) is -1.54. The van der Waals surface area contributed by atoms with Crippen molar-refractivity contribution in [3.8, 4) is 11.3 Å². The molecule has 0 bridgehead atoms. The van der Waals surface area contributed by atoms with Crippen molar-refractivity contribution in [2.24, 2.45) is 0 Å². The molecule has 0 aliphatic rings. The molecule has 0 fully saturated rings. The number of nitrogens with zero attached hydrogens (tertiary/aromatic N) is 3. The first kappa shape index (κ1) is 16.5. The van der Waals surface area contributed by atoms with E-state index in [0.29, 0.717) is 11.3 Å². The third-order valence-electron chi connectivity index (χ3n) is 3.79. The number of hydrogen-bond acceptors (Lipinski definition) is 4. The van der Waals surface area contributed by atoms with Crippen molar-refractivity contribution >= 4 is 17.4 Å². The second-order valence-electron chi connectivity index (χ2n) is 5.53. The maximum atomic E-state index is 13.7. The minimum absolute atomic E-state index is 0.179. The number of fused-ring (bicyclic) bond motifs is 1. The molecule has 0 saturated carbocycles. The van der Waals surface area contributed by atoms with Crippen LogP contribution in [-0.2, 0) is 5.75 Å². The molecule has 4 aromatic rings. The van der Waals surface area contributed by atoms with Gasteiger partial charge in [0.05, 0.1) is 11.4 Å². The van der Waals surface area contributed by atoms with Gasteiger partial charge in [0.15, 0.2) is 17.3 Å². The van der Waals surface area contributed by atoms with Crippen LogP contribution in [0.25, 0.3) is 16.9 Å².